The molecule has 2 heteroatoms. The van der Waals surface area contributed by atoms with Crippen molar-refractivity contribution in [3.8, 4) is 0 Å². The van der Waals surface area contributed by atoms with Gasteiger partial charge < -0.3 is 5.73 Å². The Hall–Kier alpha value is -0.860. The fraction of sp³-hybridized carbons (Fsp3) is 0.571. The molecular weight excluding hydrogens is 196 g/mol. The molecule has 86 valence electrons. The molecule has 1 fully saturated rings. The lowest BCUT2D eigenvalue weighted by molar-refractivity contribution is 0.239. The summed E-state index contributed by atoms with van der Waals surface area (Å²) in [6, 6.07) is 8.85. The first kappa shape index (κ1) is 10.3. The number of fused-ring (bicyclic) bond motifs is 1. The summed E-state index contributed by atoms with van der Waals surface area (Å²) in [5, 5.41) is 0. The molecule has 16 heavy (non-hydrogen) atoms. The van der Waals surface area contributed by atoms with Crippen LogP contribution in [0.5, 0.6) is 0 Å². The SMILES string of the molecule is NC[C@@H]1C[C@@H]1CN1CCc2ccccc2C1. The van der Waals surface area contributed by atoms with Crippen LogP contribution in [0.15, 0.2) is 24.3 Å². The summed E-state index contributed by atoms with van der Waals surface area (Å²) >= 11 is 0. The molecule has 1 aromatic rings. The zero-order valence-corrected chi connectivity index (χ0v) is 9.73. The van der Waals surface area contributed by atoms with Gasteiger partial charge in [-0.05, 0) is 42.3 Å². The zero-order chi connectivity index (χ0) is 11.0. The maximum Gasteiger partial charge on any atom is 0.0236 e. The van der Waals surface area contributed by atoms with Crippen molar-refractivity contribution < 1.29 is 0 Å². The predicted molar refractivity (Wildman–Crippen MR) is 66.1 cm³/mol. The fourth-order valence-electron chi connectivity index (χ4n) is 2.86. The minimum absolute atomic E-state index is 0.817. The van der Waals surface area contributed by atoms with Crippen LogP contribution in [-0.2, 0) is 13.0 Å². The first-order chi connectivity index (χ1) is 7.86. The Morgan fingerprint density at radius 1 is 1.19 bits per heavy atom. The van der Waals surface area contributed by atoms with E-state index in [-0.39, 0.29) is 0 Å². The summed E-state index contributed by atoms with van der Waals surface area (Å²) in [7, 11) is 0. The van der Waals surface area contributed by atoms with Gasteiger partial charge in [-0.2, -0.15) is 0 Å². The molecule has 1 aliphatic heterocycles. The van der Waals surface area contributed by atoms with E-state index in [0.717, 1.165) is 24.9 Å². The molecule has 1 aliphatic carbocycles. The number of nitrogens with zero attached hydrogens (tertiary/aromatic N) is 1. The average molecular weight is 216 g/mol. The van der Waals surface area contributed by atoms with Crippen molar-refractivity contribution in [3.63, 3.8) is 0 Å². The summed E-state index contributed by atoms with van der Waals surface area (Å²) in [6.45, 7) is 4.51. The van der Waals surface area contributed by atoms with Crippen LogP contribution in [0.2, 0.25) is 0 Å². The smallest absolute Gasteiger partial charge is 0.0236 e. The van der Waals surface area contributed by atoms with E-state index in [2.05, 4.69) is 29.2 Å². The molecule has 1 aromatic carbocycles. The van der Waals surface area contributed by atoms with E-state index in [1.54, 1.807) is 5.56 Å². The standard InChI is InChI=1S/C14H20N2/c15-8-13-7-14(13)10-16-6-5-11-3-1-2-4-12(11)9-16/h1-4,13-14H,5-10,15H2/t13-,14+/m0/s1. The molecule has 0 amide bonds. The number of hydrogen-bond acceptors (Lipinski definition) is 2. The van der Waals surface area contributed by atoms with Gasteiger partial charge in [0.1, 0.15) is 0 Å². The lowest BCUT2D eigenvalue weighted by Crippen LogP contribution is -2.32. The van der Waals surface area contributed by atoms with Crippen molar-refractivity contribution in [2.75, 3.05) is 19.6 Å². The lowest BCUT2D eigenvalue weighted by atomic mass is 10.00. The molecule has 2 N–H and O–H groups in total. The zero-order valence-electron chi connectivity index (χ0n) is 9.73. The van der Waals surface area contributed by atoms with Crippen LogP contribution < -0.4 is 5.73 Å². The van der Waals surface area contributed by atoms with Crippen LogP contribution in [0.25, 0.3) is 0 Å². The topological polar surface area (TPSA) is 29.3 Å². The third-order valence-corrected chi connectivity index (χ3v) is 4.07. The number of nitrogens with two attached hydrogens (primary N) is 1. The molecule has 2 aliphatic rings. The molecule has 2 nitrogen and oxygen atoms in total. The third-order valence-electron chi connectivity index (χ3n) is 4.07. The van der Waals surface area contributed by atoms with Crippen molar-refractivity contribution >= 4 is 0 Å². The molecule has 0 unspecified atom stereocenters. The van der Waals surface area contributed by atoms with Gasteiger partial charge in [-0.15, -0.1) is 0 Å². The van der Waals surface area contributed by atoms with Gasteiger partial charge in [-0.25, -0.2) is 0 Å². The molecular formula is C14H20N2. The van der Waals surface area contributed by atoms with Crippen LogP contribution in [0, 0.1) is 11.8 Å². The Morgan fingerprint density at radius 2 is 2.00 bits per heavy atom. The Kier molecular flexibility index (Phi) is 2.70. The van der Waals surface area contributed by atoms with Crippen molar-refractivity contribution in [1.82, 2.24) is 4.90 Å². The number of hydrogen-bond donors (Lipinski definition) is 1. The first-order valence-electron chi connectivity index (χ1n) is 6.36. The van der Waals surface area contributed by atoms with Crippen LogP contribution in [0.3, 0.4) is 0 Å². The second-order valence-electron chi connectivity index (χ2n) is 5.25. The maximum atomic E-state index is 5.69. The monoisotopic (exact) mass is 216 g/mol. The van der Waals surface area contributed by atoms with Crippen LogP contribution in [0.4, 0.5) is 0 Å². The summed E-state index contributed by atoms with van der Waals surface area (Å²) in [6.07, 6.45) is 2.57. The molecule has 0 spiro atoms. The molecule has 0 radical (unpaired) electrons. The van der Waals surface area contributed by atoms with E-state index in [0.29, 0.717) is 0 Å². The van der Waals surface area contributed by atoms with Crippen molar-refractivity contribution in [2.45, 2.75) is 19.4 Å². The molecule has 2 atom stereocenters. The third kappa shape index (κ3) is 2.00. The quantitative estimate of drug-likeness (QED) is 0.832. The van der Waals surface area contributed by atoms with Gasteiger partial charge in [0, 0.05) is 19.6 Å². The number of benzene rings is 1. The van der Waals surface area contributed by atoms with Crippen LogP contribution >= 0.6 is 0 Å². The maximum absolute atomic E-state index is 5.69. The second kappa shape index (κ2) is 4.19. The van der Waals surface area contributed by atoms with Gasteiger partial charge in [0.05, 0.1) is 0 Å². The van der Waals surface area contributed by atoms with E-state index >= 15 is 0 Å². The van der Waals surface area contributed by atoms with Gasteiger partial charge in [0.2, 0.25) is 0 Å². The van der Waals surface area contributed by atoms with E-state index in [1.165, 1.54) is 31.5 Å². The molecule has 0 bridgehead atoms. The minimum atomic E-state index is 0.817. The van der Waals surface area contributed by atoms with Gasteiger partial charge in [-0.1, -0.05) is 24.3 Å². The fourth-order valence-corrected chi connectivity index (χ4v) is 2.86. The van der Waals surface area contributed by atoms with Crippen molar-refractivity contribution in [3.05, 3.63) is 35.4 Å². The minimum Gasteiger partial charge on any atom is -0.330 e. The average Bonchev–Trinajstić information content (AvgIpc) is 3.07. The Labute approximate surface area is 97.4 Å². The van der Waals surface area contributed by atoms with Gasteiger partial charge >= 0.3 is 0 Å². The van der Waals surface area contributed by atoms with Crippen molar-refractivity contribution in [2.24, 2.45) is 17.6 Å². The Bertz CT molecular complexity index is 375. The summed E-state index contributed by atoms with van der Waals surface area (Å²) in [5.74, 6) is 1.70. The normalized spacial score (nSPS) is 28.8. The van der Waals surface area contributed by atoms with Gasteiger partial charge in [-0.3, -0.25) is 4.90 Å². The molecule has 0 aromatic heterocycles. The van der Waals surface area contributed by atoms with Gasteiger partial charge in [0.15, 0.2) is 0 Å². The largest absolute Gasteiger partial charge is 0.330 e. The highest BCUT2D eigenvalue weighted by molar-refractivity contribution is 5.29. The summed E-state index contributed by atoms with van der Waals surface area (Å²) < 4.78 is 0. The highest BCUT2D eigenvalue weighted by Crippen LogP contribution is 2.38. The molecule has 1 heterocycles. The van der Waals surface area contributed by atoms with E-state index < -0.39 is 0 Å². The Balaban J connectivity index is 1.61. The van der Waals surface area contributed by atoms with Crippen LogP contribution in [-0.4, -0.2) is 24.5 Å². The molecule has 1 saturated carbocycles. The molecule has 3 rings (SSSR count). The Morgan fingerprint density at radius 3 is 2.75 bits per heavy atom. The van der Waals surface area contributed by atoms with E-state index in [4.69, 9.17) is 5.73 Å². The molecule has 0 saturated heterocycles. The highest BCUT2D eigenvalue weighted by atomic mass is 15.1. The van der Waals surface area contributed by atoms with E-state index in [1.807, 2.05) is 0 Å². The lowest BCUT2D eigenvalue weighted by Gasteiger charge is -2.28. The first-order valence-corrected chi connectivity index (χ1v) is 6.36. The van der Waals surface area contributed by atoms with Gasteiger partial charge in [0.25, 0.3) is 0 Å². The van der Waals surface area contributed by atoms with E-state index in [9.17, 15) is 0 Å². The summed E-state index contributed by atoms with van der Waals surface area (Å²) in [4.78, 5) is 2.60. The highest BCUT2D eigenvalue weighted by Gasteiger charge is 2.37. The van der Waals surface area contributed by atoms with Crippen molar-refractivity contribution in [1.29, 1.82) is 0 Å². The predicted octanol–water partition coefficient (Wildman–Crippen LogP) is 1.64. The van der Waals surface area contributed by atoms with Crippen LogP contribution in [0.1, 0.15) is 17.5 Å². The number of rotatable bonds is 3. The summed E-state index contributed by atoms with van der Waals surface area (Å²) in [5.41, 5.74) is 8.76. The second-order valence-corrected chi connectivity index (χ2v) is 5.25.